The summed E-state index contributed by atoms with van der Waals surface area (Å²) in [5, 5.41) is 5.50. The van der Waals surface area contributed by atoms with Gasteiger partial charge in [0.2, 0.25) is 5.91 Å². The van der Waals surface area contributed by atoms with Crippen LogP contribution in [0.1, 0.15) is 19.3 Å². The van der Waals surface area contributed by atoms with Crippen LogP contribution < -0.4 is 10.6 Å². The Balaban J connectivity index is 4.16. The molecule has 0 aliphatic heterocycles. The van der Waals surface area contributed by atoms with Crippen LogP contribution in [0, 0.1) is 0 Å². The van der Waals surface area contributed by atoms with Crippen molar-refractivity contribution in [3.8, 4) is 0 Å². The highest BCUT2D eigenvalue weighted by molar-refractivity contribution is 5.78. The number of hydrogen-bond acceptors (Lipinski definition) is 2. The minimum Gasteiger partial charge on any atom is -0.326 e. The molecule has 0 aromatic heterocycles. The maximum Gasteiger partial charge on any atom is 0.224 e. The summed E-state index contributed by atoms with van der Waals surface area (Å²) in [6.45, 7) is 3.42. The Morgan fingerprint density at radius 3 is 2.67 bits per heavy atom. The van der Waals surface area contributed by atoms with Gasteiger partial charge in [-0.25, -0.2) is 8.78 Å². The molecule has 2 N–H and O–H groups in total. The first-order chi connectivity index (χ1) is 8.63. The fourth-order valence-electron chi connectivity index (χ4n) is 1.24. The van der Waals surface area contributed by atoms with E-state index in [2.05, 4.69) is 17.2 Å². The summed E-state index contributed by atoms with van der Waals surface area (Å²) in [4.78, 5) is 11.5. The number of halogens is 2. The predicted molar refractivity (Wildman–Crippen MR) is 69.4 cm³/mol. The third-order valence-corrected chi connectivity index (χ3v) is 2.15. The van der Waals surface area contributed by atoms with Crippen LogP contribution >= 0.6 is 0 Å². The second-order valence-electron chi connectivity index (χ2n) is 3.66. The molecule has 1 amide bonds. The van der Waals surface area contributed by atoms with Crippen LogP contribution in [0.4, 0.5) is 8.78 Å². The highest BCUT2D eigenvalue weighted by Crippen LogP contribution is 2.04. The molecule has 0 bridgehead atoms. The Kier molecular flexibility index (Phi) is 9.77. The van der Waals surface area contributed by atoms with Gasteiger partial charge in [-0.2, -0.15) is 0 Å². The Morgan fingerprint density at radius 1 is 1.39 bits per heavy atom. The van der Waals surface area contributed by atoms with Crippen LogP contribution in [0.3, 0.4) is 0 Å². The highest BCUT2D eigenvalue weighted by Gasteiger charge is 2.03. The Labute approximate surface area is 107 Å². The smallest absolute Gasteiger partial charge is 0.224 e. The van der Waals surface area contributed by atoms with Gasteiger partial charge in [0.15, 0.2) is 0 Å². The van der Waals surface area contributed by atoms with Crippen molar-refractivity contribution in [1.82, 2.24) is 10.6 Å². The van der Waals surface area contributed by atoms with E-state index >= 15 is 0 Å². The zero-order valence-electron chi connectivity index (χ0n) is 10.6. The molecule has 0 aromatic carbocycles. The van der Waals surface area contributed by atoms with Gasteiger partial charge in [0.1, 0.15) is 12.5 Å². The molecule has 0 spiro atoms. The number of nitrogens with one attached hydrogen (secondary N) is 2. The monoisotopic (exact) mass is 258 g/mol. The van der Waals surface area contributed by atoms with E-state index in [-0.39, 0.29) is 11.6 Å². The summed E-state index contributed by atoms with van der Waals surface area (Å²) in [6.07, 6.45) is 5.15. The van der Waals surface area contributed by atoms with Gasteiger partial charge >= 0.3 is 0 Å². The van der Waals surface area contributed by atoms with Gasteiger partial charge in [0.05, 0.1) is 0 Å². The van der Waals surface area contributed by atoms with Crippen LogP contribution in [0.25, 0.3) is 0 Å². The van der Waals surface area contributed by atoms with Gasteiger partial charge < -0.3 is 10.6 Å². The molecule has 0 unspecified atom stereocenters. The van der Waals surface area contributed by atoms with E-state index in [1.165, 1.54) is 6.08 Å². The van der Waals surface area contributed by atoms with Crippen LogP contribution in [0.2, 0.25) is 0 Å². The lowest BCUT2D eigenvalue weighted by Gasteiger charge is -2.05. The van der Waals surface area contributed by atoms with Crippen LogP contribution in [-0.4, -0.2) is 26.2 Å². The molecular weight excluding hydrogens is 238 g/mol. The molecule has 5 heteroatoms. The van der Waals surface area contributed by atoms with Crippen molar-refractivity contribution < 1.29 is 13.6 Å². The van der Waals surface area contributed by atoms with Crippen LogP contribution in [0.15, 0.2) is 36.3 Å². The average Bonchev–Trinajstić information content (AvgIpc) is 2.34. The molecule has 0 heterocycles. The predicted octanol–water partition coefficient (Wildman–Crippen LogP) is 2.39. The molecule has 0 aliphatic carbocycles. The zero-order valence-corrected chi connectivity index (χ0v) is 10.6. The van der Waals surface area contributed by atoms with Crippen molar-refractivity contribution >= 4 is 5.91 Å². The summed E-state index contributed by atoms with van der Waals surface area (Å²) in [7, 11) is 1.85. The quantitative estimate of drug-likeness (QED) is 0.492. The van der Waals surface area contributed by atoms with E-state index in [0.717, 1.165) is 31.5 Å². The molecule has 18 heavy (non-hydrogen) atoms. The number of amides is 1. The second kappa shape index (κ2) is 10.7. The first-order valence-corrected chi connectivity index (χ1v) is 5.84. The maximum absolute atomic E-state index is 13.0. The maximum atomic E-state index is 13.0. The van der Waals surface area contributed by atoms with Crippen molar-refractivity contribution in [2.75, 3.05) is 20.3 Å². The van der Waals surface area contributed by atoms with Gasteiger partial charge in [-0.15, -0.1) is 0 Å². The third-order valence-electron chi connectivity index (χ3n) is 2.15. The number of rotatable bonds is 9. The second-order valence-corrected chi connectivity index (χ2v) is 3.66. The van der Waals surface area contributed by atoms with E-state index in [1.54, 1.807) is 0 Å². The topological polar surface area (TPSA) is 41.1 Å². The number of allylic oxidation sites excluding steroid dienone is 4. The molecule has 0 rings (SSSR count). The molecule has 0 fully saturated rings. The summed E-state index contributed by atoms with van der Waals surface area (Å²) in [6, 6.07) is 0. The number of unbranched alkanes of at least 4 members (excludes halogenated alkanes) is 1. The van der Waals surface area contributed by atoms with E-state index < -0.39 is 12.5 Å². The standard InChI is InChI=1S/C13H20F2N2O/c1-3-12(10-11(15)7-8-14)17-13(18)6-4-5-9-16-2/h3,7,10,16H,1,4-6,8-9H2,2H3,(H,17,18)/b11-7+,12-10+. The van der Waals surface area contributed by atoms with Gasteiger partial charge in [0.25, 0.3) is 0 Å². The fourth-order valence-corrected chi connectivity index (χ4v) is 1.24. The lowest BCUT2D eigenvalue weighted by atomic mass is 10.2. The van der Waals surface area contributed by atoms with Crippen molar-refractivity contribution in [3.63, 3.8) is 0 Å². The molecule has 0 saturated heterocycles. The summed E-state index contributed by atoms with van der Waals surface area (Å²) < 4.78 is 24.8. The van der Waals surface area contributed by atoms with E-state index in [0.29, 0.717) is 6.42 Å². The fraction of sp³-hybridized carbons (Fsp3) is 0.462. The lowest BCUT2D eigenvalue weighted by molar-refractivity contribution is -0.120. The first kappa shape index (κ1) is 16.5. The number of hydrogen-bond donors (Lipinski definition) is 2. The van der Waals surface area contributed by atoms with E-state index in [4.69, 9.17) is 0 Å². The van der Waals surface area contributed by atoms with E-state index in [1.807, 2.05) is 7.05 Å². The lowest BCUT2D eigenvalue weighted by Crippen LogP contribution is -2.21. The number of carbonyl (C=O) groups is 1. The highest BCUT2D eigenvalue weighted by atomic mass is 19.1. The van der Waals surface area contributed by atoms with Gasteiger partial charge in [-0.3, -0.25) is 4.79 Å². The summed E-state index contributed by atoms with van der Waals surface area (Å²) >= 11 is 0. The molecule has 3 nitrogen and oxygen atoms in total. The first-order valence-electron chi connectivity index (χ1n) is 5.84. The van der Waals surface area contributed by atoms with Crippen molar-refractivity contribution in [3.05, 3.63) is 36.3 Å². The normalized spacial score (nSPS) is 12.4. The molecule has 0 aliphatic rings. The Hall–Kier alpha value is -1.49. The van der Waals surface area contributed by atoms with Crippen LogP contribution in [-0.2, 0) is 4.79 Å². The molecule has 102 valence electrons. The minimum absolute atomic E-state index is 0.203. The van der Waals surface area contributed by atoms with Crippen LogP contribution in [0.5, 0.6) is 0 Å². The van der Waals surface area contributed by atoms with Crippen molar-refractivity contribution in [2.24, 2.45) is 0 Å². The third kappa shape index (κ3) is 8.64. The molecule has 0 radical (unpaired) electrons. The Bertz CT molecular complexity index is 325. The van der Waals surface area contributed by atoms with E-state index in [9.17, 15) is 13.6 Å². The van der Waals surface area contributed by atoms with Gasteiger partial charge in [-0.05, 0) is 44.7 Å². The SMILES string of the molecule is C=C/C(=C\C(F)=C/CF)NC(=O)CCCCNC. The minimum atomic E-state index is -0.884. The number of carbonyl (C=O) groups excluding carboxylic acids is 1. The molecule has 0 atom stereocenters. The number of alkyl halides is 1. The Morgan fingerprint density at radius 2 is 2.11 bits per heavy atom. The van der Waals surface area contributed by atoms with Gasteiger partial charge in [-0.1, -0.05) is 6.58 Å². The van der Waals surface area contributed by atoms with Gasteiger partial charge in [0, 0.05) is 12.1 Å². The summed E-state index contributed by atoms with van der Waals surface area (Å²) in [5.41, 5.74) is 0.232. The average molecular weight is 258 g/mol. The molecule has 0 aromatic rings. The van der Waals surface area contributed by atoms with Crippen molar-refractivity contribution in [2.45, 2.75) is 19.3 Å². The van der Waals surface area contributed by atoms with Crippen molar-refractivity contribution in [1.29, 1.82) is 0 Å². The zero-order chi connectivity index (χ0) is 13.8. The largest absolute Gasteiger partial charge is 0.326 e. The molecule has 0 saturated carbocycles. The summed E-state index contributed by atoms with van der Waals surface area (Å²) in [5.74, 6) is -0.937. The molecular formula is C13H20F2N2O.